The number of rotatable bonds is 39. The number of carbonyl (C=O) groups is 8. The fourth-order valence-corrected chi connectivity index (χ4v) is 13.8. The van der Waals surface area contributed by atoms with Crippen LogP contribution in [0.4, 0.5) is 8.78 Å². The second kappa shape index (κ2) is 39.6. The molecule has 11 N–H and O–H groups in total. The van der Waals surface area contributed by atoms with Gasteiger partial charge in [0.15, 0.2) is 11.5 Å². The van der Waals surface area contributed by atoms with Crippen LogP contribution in [0.25, 0.3) is 10.4 Å². The number of β-amino-alcohol motifs (C(OH)–C–C–N with tert-alkyl or cyclic N) is 1. The van der Waals surface area contributed by atoms with E-state index in [9.17, 15) is 71.7 Å². The van der Waals surface area contributed by atoms with Gasteiger partial charge in [0.1, 0.15) is 30.2 Å². The lowest BCUT2D eigenvalue weighted by atomic mass is 9.85. The number of alkyl halides is 2. The SMILES string of the molecule is COc1cc(CC(=O)N[C@@H](Cc2ccccc2)C(=O)N[C@@H](Cc2ccc(C(F)(F)P(=O)(O)O)cc2)C(=O)N[C@@H](CCCCNC(=O)c2ccc(C)c(Br)c2)C(=O)NCCCCCCCCCCCC(=O)N[C@H](C(=O)N2C[C@H](O)C[C@H]2C(=O)NCc2ccc(-c3scnc3C)cc2)C(C)(C)C)ccc1O. The number of aliphatic hydroxyl groups excluding tert-OH is 1. The van der Waals surface area contributed by atoms with E-state index in [1.807, 2.05) is 65.0 Å². The van der Waals surface area contributed by atoms with Crippen LogP contribution in [0.2, 0.25) is 0 Å². The maximum absolute atomic E-state index is 14.8. The number of thiazole rings is 1. The van der Waals surface area contributed by atoms with Crippen LogP contribution in [0.3, 0.4) is 0 Å². The Bertz CT molecular complexity index is 3930. The average molecular weight is 1540 g/mol. The number of amides is 8. The van der Waals surface area contributed by atoms with Gasteiger partial charge in [0.2, 0.25) is 41.4 Å². The number of phenols is 1. The number of ether oxygens (including phenoxy) is 1. The normalized spacial score (nSPS) is 15.0. The number of halogens is 3. The molecule has 1 aliphatic heterocycles. The number of hydrogen-bond donors (Lipinski definition) is 11. The molecule has 1 aromatic heterocycles. The highest BCUT2D eigenvalue weighted by Crippen LogP contribution is 2.59. The number of aromatic hydroxyl groups is 1. The van der Waals surface area contributed by atoms with E-state index in [0.717, 1.165) is 101 Å². The summed E-state index contributed by atoms with van der Waals surface area (Å²) in [5, 5.41) is 40.8. The van der Waals surface area contributed by atoms with Crippen LogP contribution in [0.5, 0.6) is 11.5 Å². The molecule has 1 fully saturated rings. The van der Waals surface area contributed by atoms with Crippen LogP contribution >= 0.6 is 34.9 Å². The van der Waals surface area contributed by atoms with Crippen molar-refractivity contribution in [3.63, 3.8) is 0 Å². The van der Waals surface area contributed by atoms with E-state index >= 15 is 0 Å². The number of aromatic nitrogens is 1. The molecule has 0 bridgehead atoms. The van der Waals surface area contributed by atoms with E-state index in [-0.39, 0.29) is 99.5 Å². The third kappa shape index (κ3) is 25.1. The molecular formula is C76H97BrF2N9O14PS. The molecule has 1 saturated heterocycles. The molecule has 6 atom stereocenters. The zero-order chi connectivity index (χ0) is 75.7. The van der Waals surface area contributed by atoms with Crippen molar-refractivity contribution in [1.82, 2.24) is 47.1 Å². The first-order valence-electron chi connectivity index (χ1n) is 35.1. The van der Waals surface area contributed by atoms with Gasteiger partial charge in [-0.3, -0.25) is 42.9 Å². The summed E-state index contributed by atoms with van der Waals surface area (Å²) in [6.07, 6.45) is 6.76. The number of likely N-dealkylation sites (tertiary alicyclic amines) is 1. The van der Waals surface area contributed by atoms with Crippen LogP contribution in [-0.4, -0.2) is 140 Å². The predicted molar refractivity (Wildman–Crippen MR) is 396 cm³/mol. The Balaban J connectivity index is 0.915. The first kappa shape index (κ1) is 82.8. The molecule has 1 aliphatic rings. The van der Waals surface area contributed by atoms with Crippen LogP contribution in [0, 0.1) is 19.3 Å². The van der Waals surface area contributed by atoms with Crippen LogP contribution < -0.4 is 42.0 Å². The van der Waals surface area contributed by atoms with Crippen molar-refractivity contribution >= 4 is 82.1 Å². The van der Waals surface area contributed by atoms with Gasteiger partial charge < -0.3 is 66.9 Å². The van der Waals surface area contributed by atoms with Crippen molar-refractivity contribution in [1.29, 1.82) is 0 Å². The summed E-state index contributed by atoms with van der Waals surface area (Å²) in [5.41, 5.74) is 1.03. The minimum absolute atomic E-state index is 0.0327. The lowest BCUT2D eigenvalue weighted by Gasteiger charge is -2.35. The minimum atomic E-state index is -5.95. The van der Waals surface area contributed by atoms with Gasteiger partial charge in [-0.2, -0.15) is 8.78 Å². The molecule has 104 heavy (non-hydrogen) atoms. The summed E-state index contributed by atoms with van der Waals surface area (Å²) in [4.78, 5) is 137. The third-order valence-electron chi connectivity index (χ3n) is 18.1. The average Bonchev–Trinajstić information content (AvgIpc) is 1.62. The summed E-state index contributed by atoms with van der Waals surface area (Å²) < 4.78 is 47.4. The van der Waals surface area contributed by atoms with Crippen molar-refractivity contribution in [3.8, 4) is 21.9 Å². The van der Waals surface area contributed by atoms with Crippen LogP contribution in [0.15, 0.2) is 125 Å². The Labute approximate surface area is 618 Å². The number of benzene rings is 5. The van der Waals surface area contributed by atoms with Crippen molar-refractivity contribution in [2.24, 2.45) is 5.41 Å². The van der Waals surface area contributed by atoms with E-state index < -0.39 is 90.1 Å². The second-order valence-electron chi connectivity index (χ2n) is 27.5. The van der Waals surface area contributed by atoms with E-state index in [2.05, 4.69) is 58.1 Å². The molecule has 28 heteroatoms. The van der Waals surface area contributed by atoms with Crippen molar-refractivity contribution in [2.75, 3.05) is 26.7 Å². The highest BCUT2D eigenvalue weighted by Gasteiger charge is 2.50. The molecular weight excluding hydrogens is 1440 g/mol. The van der Waals surface area contributed by atoms with E-state index in [1.54, 1.807) is 59.3 Å². The molecule has 23 nitrogen and oxygen atoms in total. The Morgan fingerprint density at radius 2 is 1.26 bits per heavy atom. The van der Waals surface area contributed by atoms with E-state index in [1.165, 1.54) is 30.2 Å². The second-order valence-corrected chi connectivity index (χ2v) is 30.8. The Morgan fingerprint density at radius 3 is 1.88 bits per heavy atom. The molecule has 0 unspecified atom stereocenters. The van der Waals surface area contributed by atoms with Gasteiger partial charge in [-0.15, -0.1) is 11.3 Å². The lowest BCUT2D eigenvalue weighted by molar-refractivity contribution is -0.144. The Kier molecular flexibility index (Phi) is 31.5. The third-order valence-corrected chi connectivity index (χ3v) is 21.0. The highest BCUT2D eigenvalue weighted by molar-refractivity contribution is 9.10. The Morgan fingerprint density at radius 1 is 0.673 bits per heavy atom. The first-order valence-corrected chi connectivity index (χ1v) is 38.4. The summed E-state index contributed by atoms with van der Waals surface area (Å²) >= 11 is 5.01. The fourth-order valence-electron chi connectivity index (χ4n) is 12.1. The van der Waals surface area contributed by atoms with Gasteiger partial charge >= 0.3 is 13.3 Å². The highest BCUT2D eigenvalue weighted by atomic mass is 79.9. The number of hydrogen-bond acceptors (Lipinski definition) is 14. The van der Waals surface area contributed by atoms with Crippen LogP contribution in [-0.2, 0) is 69.6 Å². The monoisotopic (exact) mass is 1540 g/mol. The first-order chi connectivity index (χ1) is 49.4. The fraction of sp³-hybridized carbons (Fsp3) is 0.461. The number of unbranched alkanes of at least 4 members (excludes halogenated alkanes) is 9. The predicted octanol–water partition coefficient (Wildman–Crippen LogP) is 10.0. The molecule has 2 heterocycles. The largest absolute Gasteiger partial charge is 0.504 e. The number of aliphatic hydroxyl groups is 1. The summed E-state index contributed by atoms with van der Waals surface area (Å²) in [7, 11) is -4.60. The van der Waals surface area contributed by atoms with Crippen molar-refractivity contribution < 1.29 is 76.4 Å². The quantitative estimate of drug-likeness (QED) is 0.0126. The number of phenolic OH excluding ortho intramolecular Hbond substituents is 1. The summed E-state index contributed by atoms with van der Waals surface area (Å²) in [6, 6.07) is 24.0. The standard InChI is InChI=1S/C76H97BrF2N9O14PS/c1-48-25-31-55(43-58(48)77)69(93)80-38-20-18-23-59(85-72(96)61(40-51-28-34-56(35-29-51)76(78,79)103(99,100)101)86-71(95)60(39-50-21-15-14-16-22-50)84-66(92)42-53-30-36-63(90)64(41-53)102-6)70(94)81-37-19-13-11-9-7-8-10-12-17-24-65(91)87-68(75(3,4)5)74(98)88-46-57(89)44-62(88)73(97)82-45-52-26-32-54(33-27-52)67-49(2)83-47-104-67/h14-16,21-22,25-36,41,43,47,57,59-62,68,89-90H,7-13,17-20,23-24,37-40,42,44-46H2,1-6H3,(H,80,93)(H,81,94)(H,82,97)(H,84,92)(H,85,96)(H,86,95)(H,87,91)(H2,99,100,101)/t57-,59+,60+,61+,62+,68-/m1/s1. The molecule has 0 saturated carbocycles. The number of methoxy groups -OCH3 is 1. The minimum Gasteiger partial charge on any atom is -0.504 e. The van der Waals surface area contributed by atoms with Gasteiger partial charge in [-0.05, 0) is 109 Å². The van der Waals surface area contributed by atoms with Gasteiger partial charge in [-0.25, -0.2) is 4.98 Å². The molecule has 6 aromatic rings. The number of carbonyl (C=O) groups excluding carboxylic acids is 8. The molecule has 0 aliphatic carbocycles. The van der Waals surface area contributed by atoms with Crippen molar-refractivity contribution in [2.45, 2.75) is 192 Å². The number of nitrogens with zero attached hydrogens (tertiary/aromatic N) is 2. The Hall–Kier alpha value is -8.46. The molecule has 0 spiro atoms. The molecule has 8 amide bonds. The maximum atomic E-state index is 14.8. The molecule has 5 aromatic carbocycles. The zero-order valence-corrected chi connectivity index (χ0v) is 62.9. The zero-order valence-electron chi connectivity index (χ0n) is 59.6. The molecule has 0 radical (unpaired) electrons. The number of aryl methyl sites for hydroxylation is 2. The van der Waals surface area contributed by atoms with Gasteiger partial charge in [-0.1, -0.05) is 173 Å². The lowest BCUT2D eigenvalue weighted by Crippen LogP contribution is -2.57. The summed E-state index contributed by atoms with van der Waals surface area (Å²) in [6.45, 7) is 10.1. The van der Waals surface area contributed by atoms with E-state index in [0.29, 0.717) is 42.4 Å². The topological polar surface area (TPSA) is 344 Å². The van der Waals surface area contributed by atoms with Gasteiger partial charge in [0.25, 0.3) is 5.91 Å². The molecule has 7 rings (SSSR count). The van der Waals surface area contributed by atoms with E-state index in [4.69, 9.17) is 4.74 Å². The van der Waals surface area contributed by atoms with Crippen molar-refractivity contribution in [3.05, 3.63) is 170 Å². The smallest absolute Gasteiger partial charge is 0.399 e. The van der Waals surface area contributed by atoms with Gasteiger partial charge in [0.05, 0.1) is 35.7 Å². The molecule has 562 valence electrons. The summed E-state index contributed by atoms with van der Waals surface area (Å²) in [5.74, 6) is -4.28. The maximum Gasteiger partial charge on any atom is 0.399 e. The van der Waals surface area contributed by atoms with Crippen LogP contribution in [0.1, 0.15) is 160 Å². The number of nitrogens with one attached hydrogen (secondary N) is 7. The van der Waals surface area contributed by atoms with Gasteiger partial charge in [0, 0.05) is 67.5 Å².